The molecule has 0 spiro atoms. The molecule has 1 fully saturated rings. The van der Waals surface area contributed by atoms with E-state index in [9.17, 15) is 5.11 Å². The summed E-state index contributed by atoms with van der Waals surface area (Å²) < 4.78 is 0. The molecule has 0 aliphatic heterocycles. The van der Waals surface area contributed by atoms with Crippen molar-refractivity contribution in [1.29, 1.82) is 0 Å². The molecule has 1 aliphatic carbocycles. The van der Waals surface area contributed by atoms with Crippen molar-refractivity contribution in [2.45, 2.75) is 44.8 Å². The van der Waals surface area contributed by atoms with Gasteiger partial charge in [-0.25, -0.2) is 0 Å². The number of hydrogen-bond acceptors (Lipinski definition) is 3. The second-order valence-corrected chi connectivity index (χ2v) is 4.67. The molecule has 16 heavy (non-hydrogen) atoms. The molecular formula is C13H20N2O. The third-order valence-electron chi connectivity index (χ3n) is 3.35. The Morgan fingerprint density at radius 2 is 2.06 bits per heavy atom. The first-order valence-corrected chi connectivity index (χ1v) is 5.97. The highest BCUT2D eigenvalue weighted by Crippen LogP contribution is 2.24. The molecular weight excluding hydrogens is 200 g/mol. The highest BCUT2D eigenvalue weighted by atomic mass is 16.3. The lowest BCUT2D eigenvalue weighted by molar-refractivity contribution is 0.116. The van der Waals surface area contributed by atoms with Gasteiger partial charge in [-0.15, -0.1) is 0 Å². The summed E-state index contributed by atoms with van der Waals surface area (Å²) in [5.41, 5.74) is 8.72. The molecule has 1 aromatic rings. The fourth-order valence-electron chi connectivity index (χ4n) is 2.26. The predicted octanol–water partition coefficient (Wildman–Crippen LogP) is 2.29. The summed E-state index contributed by atoms with van der Waals surface area (Å²) in [7, 11) is 0. The van der Waals surface area contributed by atoms with Crippen molar-refractivity contribution >= 4 is 11.4 Å². The van der Waals surface area contributed by atoms with Crippen LogP contribution < -0.4 is 11.1 Å². The van der Waals surface area contributed by atoms with Crippen molar-refractivity contribution in [3.8, 4) is 0 Å². The predicted molar refractivity (Wildman–Crippen MR) is 67.5 cm³/mol. The smallest absolute Gasteiger partial charge is 0.0741 e. The van der Waals surface area contributed by atoms with Crippen LogP contribution in [0.25, 0.3) is 0 Å². The molecule has 3 heteroatoms. The second kappa shape index (κ2) is 4.74. The van der Waals surface area contributed by atoms with Crippen molar-refractivity contribution in [2.75, 3.05) is 11.1 Å². The number of aliphatic hydroxyl groups excluding tert-OH is 1. The van der Waals surface area contributed by atoms with Gasteiger partial charge in [0, 0.05) is 11.4 Å². The number of hydrogen-bond donors (Lipinski definition) is 3. The molecule has 0 aromatic heterocycles. The van der Waals surface area contributed by atoms with Gasteiger partial charge >= 0.3 is 0 Å². The van der Waals surface area contributed by atoms with E-state index in [1.54, 1.807) is 0 Å². The number of benzene rings is 1. The summed E-state index contributed by atoms with van der Waals surface area (Å²) in [6, 6.07) is 6.12. The molecule has 0 radical (unpaired) electrons. The van der Waals surface area contributed by atoms with Crippen LogP contribution in [0, 0.1) is 6.92 Å². The third kappa shape index (κ3) is 2.47. The Hall–Kier alpha value is -1.22. The quantitative estimate of drug-likeness (QED) is 0.670. The highest BCUT2D eigenvalue weighted by molar-refractivity contribution is 5.57. The number of aryl methyl sites for hydroxylation is 1. The fourth-order valence-corrected chi connectivity index (χ4v) is 2.26. The van der Waals surface area contributed by atoms with Crippen LogP contribution in [0.4, 0.5) is 11.4 Å². The summed E-state index contributed by atoms with van der Waals surface area (Å²) in [5.74, 6) is 0. The van der Waals surface area contributed by atoms with E-state index in [-0.39, 0.29) is 12.1 Å². The standard InChI is InChI=1S/C13H20N2O/c1-9-8-10(6-7-11(9)14)15-12-4-2-3-5-13(12)16/h6-8,12-13,15-16H,2-5,14H2,1H3. The van der Waals surface area contributed by atoms with Crippen LogP contribution >= 0.6 is 0 Å². The zero-order chi connectivity index (χ0) is 11.5. The van der Waals surface area contributed by atoms with Crippen molar-refractivity contribution in [3.63, 3.8) is 0 Å². The first kappa shape index (κ1) is 11.3. The fraction of sp³-hybridized carbons (Fsp3) is 0.538. The van der Waals surface area contributed by atoms with Crippen molar-refractivity contribution in [3.05, 3.63) is 23.8 Å². The lowest BCUT2D eigenvalue weighted by Crippen LogP contribution is -2.36. The maximum absolute atomic E-state index is 9.87. The zero-order valence-electron chi connectivity index (χ0n) is 9.74. The maximum atomic E-state index is 9.87. The van der Waals surface area contributed by atoms with Gasteiger partial charge in [0.05, 0.1) is 12.1 Å². The number of aliphatic hydroxyl groups is 1. The Morgan fingerprint density at radius 3 is 2.75 bits per heavy atom. The normalized spacial score (nSPS) is 25.4. The van der Waals surface area contributed by atoms with E-state index in [1.165, 1.54) is 6.42 Å². The van der Waals surface area contributed by atoms with Crippen LogP contribution in [0.1, 0.15) is 31.2 Å². The molecule has 2 atom stereocenters. The third-order valence-corrected chi connectivity index (χ3v) is 3.35. The molecule has 1 aliphatic rings. The molecule has 0 bridgehead atoms. The molecule has 4 N–H and O–H groups in total. The molecule has 0 heterocycles. The van der Waals surface area contributed by atoms with Crippen molar-refractivity contribution in [2.24, 2.45) is 0 Å². The summed E-state index contributed by atoms with van der Waals surface area (Å²) in [6.07, 6.45) is 4.07. The van der Waals surface area contributed by atoms with Crippen molar-refractivity contribution in [1.82, 2.24) is 0 Å². The SMILES string of the molecule is Cc1cc(NC2CCCCC2O)ccc1N. The van der Waals surface area contributed by atoms with E-state index in [4.69, 9.17) is 5.73 Å². The van der Waals surface area contributed by atoms with Gasteiger partial charge in [0.1, 0.15) is 0 Å². The van der Waals surface area contributed by atoms with Gasteiger partial charge in [-0.1, -0.05) is 12.8 Å². The second-order valence-electron chi connectivity index (χ2n) is 4.67. The minimum Gasteiger partial charge on any atom is -0.399 e. The average molecular weight is 220 g/mol. The molecule has 1 saturated carbocycles. The molecule has 2 unspecified atom stereocenters. The van der Waals surface area contributed by atoms with Gasteiger partial charge in [-0.05, 0) is 43.5 Å². The van der Waals surface area contributed by atoms with E-state index in [1.807, 2.05) is 25.1 Å². The number of anilines is 2. The van der Waals surface area contributed by atoms with Gasteiger partial charge in [-0.3, -0.25) is 0 Å². The summed E-state index contributed by atoms with van der Waals surface area (Å²) in [4.78, 5) is 0. The average Bonchev–Trinajstić information content (AvgIpc) is 2.27. The molecule has 1 aromatic carbocycles. The molecule has 2 rings (SSSR count). The molecule has 3 nitrogen and oxygen atoms in total. The minimum absolute atomic E-state index is 0.191. The Bertz CT molecular complexity index is 365. The van der Waals surface area contributed by atoms with Crippen LogP contribution in [0.5, 0.6) is 0 Å². The highest BCUT2D eigenvalue weighted by Gasteiger charge is 2.22. The summed E-state index contributed by atoms with van der Waals surface area (Å²) in [6.45, 7) is 2.00. The largest absolute Gasteiger partial charge is 0.399 e. The Kier molecular flexibility index (Phi) is 3.34. The van der Waals surface area contributed by atoms with E-state index in [2.05, 4.69) is 5.32 Å². The zero-order valence-corrected chi connectivity index (χ0v) is 9.74. The number of nitrogen functional groups attached to an aromatic ring is 1. The first-order chi connectivity index (χ1) is 7.66. The molecule has 0 saturated heterocycles. The van der Waals surface area contributed by atoms with Gasteiger partial charge in [0.2, 0.25) is 0 Å². The lowest BCUT2D eigenvalue weighted by Gasteiger charge is -2.29. The van der Waals surface area contributed by atoms with E-state index in [0.717, 1.165) is 36.2 Å². The van der Waals surface area contributed by atoms with E-state index >= 15 is 0 Å². The summed E-state index contributed by atoms with van der Waals surface area (Å²) >= 11 is 0. The summed E-state index contributed by atoms with van der Waals surface area (Å²) in [5, 5.41) is 13.3. The number of nitrogens with two attached hydrogens (primary N) is 1. The van der Waals surface area contributed by atoms with Crippen LogP contribution in [-0.4, -0.2) is 17.3 Å². The minimum atomic E-state index is -0.216. The number of rotatable bonds is 2. The molecule has 0 amide bonds. The molecule has 88 valence electrons. The van der Waals surface area contributed by atoms with Crippen LogP contribution in [0.3, 0.4) is 0 Å². The Labute approximate surface area is 96.7 Å². The van der Waals surface area contributed by atoms with E-state index in [0.29, 0.717) is 0 Å². The Balaban J connectivity index is 2.05. The van der Waals surface area contributed by atoms with Gasteiger partial charge in [-0.2, -0.15) is 0 Å². The maximum Gasteiger partial charge on any atom is 0.0741 e. The number of nitrogens with one attached hydrogen (secondary N) is 1. The monoisotopic (exact) mass is 220 g/mol. The Morgan fingerprint density at radius 1 is 1.31 bits per heavy atom. The first-order valence-electron chi connectivity index (χ1n) is 5.97. The van der Waals surface area contributed by atoms with Crippen LogP contribution in [0.2, 0.25) is 0 Å². The van der Waals surface area contributed by atoms with Gasteiger partial charge in [0.15, 0.2) is 0 Å². The topological polar surface area (TPSA) is 58.3 Å². The van der Waals surface area contributed by atoms with Crippen LogP contribution in [-0.2, 0) is 0 Å². The van der Waals surface area contributed by atoms with Crippen molar-refractivity contribution < 1.29 is 5.11 Å². The van der Waals surface area contributed by atoms with Crippen LogP contribution in [0.15, 0.2) is 18.2 Å². The van der Waals surface area contributed by atoms with Gasteiger partial charge in [0.25, 0.3) is 0 Å². The lowest BCUT2D eigenvalue weighted by atomic mass is 9.92. The van der Waals surface area contributed by atoms with E-state index < -0.39 is 0 Å². The van der Waals surface area contributed by atoms with Gasteiger partial charge < -0.3 is 16.2 Å².